The van der Waals surface area contributed by atoms with Gasteiger partial charge in [-0.3, -0.25) is 19.3 Å². The molecular weight excluding hydrogens is 645 g/mol. The van der Waals surface area contributed by atoms with Gasteiger partial charge in [-0.2, -0.15) is 13.2 Å². The Balaban J connectivity index is 1.25. The third-order valence-electron chi connectivity index (χ3n) is 7.14. The minimum absolute atomic E-state index is 0.0303. The molecule has 16 heteroatoms. The third-order valence-corrected chi connectivity index (χ3v) is 8.62. The number of aryl methyl sites for hydroxylation is 1. The number of rotatable bonds is 10. The molecule has 0 spiro atoms. The number of hydrogen-bond acceptors (Lipinski definition) is 9. The summed E-state index contributed by atoms with van der Waals surface area (Å²) in [6.45, 7) is 11.8. The summed E-state index contributed by atoms with van der Waals surface area (Å²) >= 11 is 6.56. The first kappa shape index (κ1) is 35.2. The van der Waals surface area contributed by atoms with Crippen LogP contribution in [0.2, 0.25) is 5.02 Å². The molecule has 0 bridgehead atoms. The average molecular weight is 681 g/mol. The van der Waals surface area contributed by atoms with Crippen molar-refractivity contribution in [3.63, 3.8) is 0 Å². The number of nitrogens with one attached hydrogen (secondary N) is 2. The van der Waals surface area contributed by atoms with Gasteiger partial charge >= 0.3 is 6.18 Å². The van der Waals surface area contributed by atoms with Crippen molar-refractivity contribution in [2.75, 3.05) is 38.0 Å². The van der Waals surface area contributed by atoms with Crippen molar-refractivity contribution in [1.82, 2.24) is 35.1 Å². The number of thiazole rings is 1. The summed E-state index contributed by atoms with van der Waals surface area (Å²) in [6.07, 6.45) is 0.741. The van der Waals surface area contributed by atoms with Crippen LogP contribution in [0.25, 0.3) is 0 Å². The Hall–Kier alpha value is -3.69. The van der Waals surface area contributed by atoms with Gasteiger partial charge < -0.3 is 15.5 Å². The molecule has 1 unspecified atom stereocenters. The smallest absolute Gasteiger partial charge is 0.342 e. The van der Waals surface area contributed by atoms with Crippen molar-refractivity contribution < 1.29 is 27.6 Å². The number of carbonyl (C=O) groups is 3. The zero-order chi connectivity index (χ0) is 33.6. The zero-order valence-corrected chi connectivity index (χ0v) is 27.5. The topological polar surface area (TPSA) is 133 Å². The highest BCUT2D eigenvalue weighted by Gasteiger charge is 2.34. The number of carbonyl (C=O) groups excluding carboxylic acids is 3. The van der Waals surface area contributed by atoms with E-state index >= 15 is 0 Å². The number of pyridine rings is 1. The summed E-state index contributed by atoms with van der Waals surface area (Å²) < 4.78 is 39.4. The van der Waals surface area contributed by atoms with E-state index in [-0.39, 0.29) is 27.7 Å². The van der Waals surface area contributed by atoms with E-state index in [9.17, 15) is 27.6 Å². The van der Waals surface area contributed by atoms with E-state index in [1.54, 1.807) is 13.0 Å². The molecule has 0 radical (unpaired) electrons. The minimum atomic E-state index is -4.71. The molecule has 3 amide bonds. The van der Waals surface area contributed by atoms with Gasteiger partial charge in [0, 0.05) is 44.5 Å². The fourth-order valence-corrected chi connectivity index (χ4v) is 5.78. The van der Waals surface area contributed by atoms with Gasteiger partial charge in [0.2, 0.25) is 5.91 Å². The monoisotopic (exact) mass is 680 g/mol. The Kier molecular flexibility index (Phi) is 11.3. The first-order valence-electron chi connectivity index (χ1n) is 14.7. The lowest BCUT2D eigenvalue weighted by Crippen LogP contribution is -2.49. The van der Waals surface area contributed by atoms with Gasteiger partial charge in [0.1, 0.15) is 27.7 Å². The summed E-state index contributed by atoms with van der Waals surface area (Å²) in [5, 5.41) is 4.94. The Labute approximate surface area is 274 Å². The number of anilines is 1. The van der Waals surface area contributed by atoms with Crippen LogP contribution in [0.4, 0.5) is 19.0 Å². The number of nitrogens with zero attached hydrogens (tertiary/aromatic N) is 6. The fourth-order valence-electron chi connectivity index (χ4n) is 4.76. The maximum Gasteiger partial charge on any atom is 0.418 e. The molecular formula is C30H36ClF3N8O3S. The molecule has 3 aromatic heterocycles. The molecule has 248 valence electrons. The molecule has 2 N–H and O–H groups in total. The van der Waals surface area contributed by atoms with Crippen LogP contribution in [-0.4, -0.2) is 80.2 Å². The molecule has 0 saturated carbocycles. The maximum atomic E-state index is 13.1. The highest BCUT2D eigenvalue weighted by Crippen LogP contribution is 2.35. The fraction of sp³-hybridized carbons (Fsp3) is 0.500. The van der Waals surface area contributed by atoms with Crippen molar-refractivity contribution in [3.8, 4) is 0 Å². The predicted molar refractivity (Wildman–Crippen MR) is 168 cm³/mol. The molecule has 11 nitrogen and oxygen atoms in total. The molecule has 46 heavy (non-hydrogen) atoms. The van der Waals surface area contributed by atoms with E-state index in [1.165, 1.54) is 12.5 Å². The van der Waals surface area contributed by atoms with Crippen LogP contribution in [-0.2, 0) is 17.4 Å². The van der Waals surface area contributed by atoms with Crippen molar-refractivity contribution >= 4 is 46.5 Å². The molecule has 0 aliphatic carbocycles. The summed E-state index contributed by atoms with van der Waals surface area (Å²) in [7, 11) is 0. The van der Waals surface area contributed by atoms with Crippen molar-refractivity contribution in [1.29, 1.82) is 0 Å². The molecule has 3 aromatic rings. The molecule has 4 heterocycles. The van der Waals surface area contributed by atoms with E-state index in [1.807, 2.05) is 4.90 Å². The number of aromatic nitrogens is 4. The number of piperazine rings is 1. The number of hydrogen-bond donors (Lipinski definition) is 2. The minimum Gasteiger partial charge on any atom is -0.342 e. The van der Waals surface area contributed by atoms with Crippen LogP contribution in [0.5, 0.6) is 0 Å². The number of amides is 3. The van der Waals surface area contributed by atoms with E-state index in [0.717, 1.165) is 62.4 Å². The van der Waals surface area contributed by atoms with Crippen LogP contribution in [0.1, 0.15) is 83.0 Å². The van der Waals surface area contributed by atoms with Gasteiger partial charge in [-0.05, 0) is 43.9 Å². The van der Waals surface area contributed by atoms with Gasteiger partial charge in [0.25, 0.3) is 11.8 Å². The standard InChI is InChI=1S/C30H36ClF3N8O3S/c1-18(28-36-16-23(46-28)27(45)40-24-13-20(30(32,33)34)21(31)15-35-24)39-26(44)22-12-19(37-17-38-22)6-5-7-41-8-10-42(11-9-41)25(43)14-29(2,3)4/h12-13,15-18H,5-11,14H2,1-4H3,(H,39,44)(H,35,40,45). The SMILES string of the molecule is CC(NC(=O)c1cc(CCCN2CCN(C(=O)CC(C)(C)C)CC2)ncn1)c1ncc(C(=O)Nc2cc(C(F)(F)F)c(Cl)cn2)s1. The quantitative estimate of drug-likeness (QED) is 0.297. The highest BCUT2D eigenvalue weighted by atomic mass is 35.5. The Morgan fingerprint density at radius 2 is 1.72 bits per heavy atom. The molecule has 1 atom stereocenters. The molecule has 0 aromatic carbocycles. The van der Waals surface area contributed by atoms with Gasteiger partial charge in [-0.15, -0.1) is 11.3 Å². The van der Waals surface area contributed by atoms with Gasteiger partial charge in [0.15, 0.2) is 0 Å². The lowest BCUT2D eigenvalue weighted by Gasteiger charge is -2.36. The van der Waals surface area contributed by atoms with Crippen LogP contribution >= 0.6 is 22.9 Å². The van der Waals surface area contributed by atoms with E-state index in [2.05, 4.69) is 56.2 Å². The average Bonchev–Trinajstić information content (AvgIpc) is 3.48. The van der Waals surface area contributed by atoms with Gasteiger partial charge in [-0.25, -0.2) is 19.9 Å². The first-order valence-corrected chi connectivity index (χ1v) is 15.9. The van der Waals surface area contributed by atoms with Gasteiger partial charge in [-0.1, -0.05) is 32.4 Å². The van der Waals surface area contributed by atoms with Crippen LogP contribution in [0, 0.1) is 5.41 Å². The van der Waals surface area contributed by atoms with Gasteiger partial charge in [0.05, 0.1) is 22.8 Å². The summed E-state index contributed by atoms with van der Waals surface area (Å²) in [5.41, 5.74) is -0.235. The molecule has 1 aliphatic heterocycles. The van der Waals surface area contributed by atoms with E-state index in [0.29, 0.717) is 23.9 Å². The second-order valence-corrected chi connectivity index (χ2v) is 13.7. The largest absolute Gasteiger partial charge is 0.418 e. The third kappa shape index (κ3) is 9.90. The zero-order valence-electron chi connectivity index (χ0n) is 25.9. The molecule has 4 rings (SSSR count). The lowest BCUT2D eigenvalue weighted by atomic mass is 9.91. The van der Waals surface area contributed by atoms with E-state index in [4.69, 9.17) is 11.6 Å². The van der Waals surface area contributed by atoms with Crippen molar-refractivity contribution in [3.05, 3.63) is 62.7 Å². The Morgan fingerprint density at radius 1 is 1.00 bits per heavy atom. The van der Waals surface area contributed by atoms with Crippen molar-refractivity contribution in [2.45, 2.75) is 59.2 Å². The Bertz CT molecular complexity index is 1550. The summed E-state index contributed by atoms with van der Waals surface area (Å²) in [6, 6.07) is 1.71. The first-order chi connectivity index (χ1) is 21.6. The maximum absolute atomic E-state index is 13.1. The highest BCUT2D eigenvalue weighted by molar-refractivity contribution is 7.13. The van der Waals surface area contributed by atoms with E-state index < -0.39 is 34.6 Å². The number of halogens is 4. The summed E-state index contributed by atoms with van der Waals surface area (Å²) in [5.74, 6) is -1.27. The van der Waals surface area contributed by atoms with Crippen molar-refractivity contribution in [2.24, 2.45) is 5.41 Å². The molecule has 1 saturated heterocycles. The second kappa shape index (κ2) is 14.8. The van der Waals surface area contributed by atoms with Crippen LogP contribution in [0.3, 0.4) is 0 Å². The predicted octanol–water partition coefficient (Wildman–Crippen LogP) is 5.26. The lowest BCUT2D eigenvalue weighted by molar-refractivity contribution is -0.137. The number of alkyl halides is 3. The Morgan fingerprint density at radius 3 is 2.39 bits per heavy atom. The van der Waals surface area contributed by atoms with Crippen LogP contribution < -0.4 is 10.6 Å². The second-order valence-electron chi connectivity index (χ2n) is 12.2. The summed E-state index contributed by atoms with van der Waals surface area (Å²) in [4.78, 5) is 58.8. The normalized spacial score (nSPS) is 15.0. The molecule has 1 aliphatic rings. The molecule has 1 fully saturated rings. The van der Waals surface area contributed by atoms with Crippen LogP contribution in [0.15, 0.2) is 30.9 Å².